The number of rotatable bonds is 5. The van der Waals surface area contributed by atoms with Gasteiger partial charge in [-0.15, -0.1) is 11.3 Å². The van der Waals surface area contributed by atoms with E-state index in [0.29, 0.717) is 0 Å². The second-order valence-corrected chi connectivity index (χ2v) is 8.18. The van der Waals surface area contributed by atoms with Gasteiger partial charge in [0.2, 0.25) is 5.91 Å². The van der Waals surface area contributed by atoms with E-state index in [2.05, 4.69) is 34.3 Å². The normalized spacial score (nSPS) is 15.3. The first kappa shape index (κ1) is 19.4. The molecule has 0 aliphatic carbocycles. The second-order valence-electron chi connectivity index (χ2n) is 7.23. The number of amides is 1. The van der Waals surface area contributed by atoms with Crippen molar-refractivity contribution in [3.63, 3.8) is 0 Å². The molecule has 1 aliphatic heterocycles. The van der Waals surface area contributed by atoms with Crippen molar-refractivity contribution in [3.05, 3.63) is 88.6 Å². The first-order chi connectivity index (χ1) is 14.2. The Morgan fingerprint density at radius 3 is 2.31 bits per heavy atom. The SMILES string of the molecule is CN1CCN(c2ccc(NC(=O)C=C(c3ccccc3)c3cccs3)cc2)CC1. The molecule has 0 atom stereocenters. The maximum absolute atomic E-state index is 12.7. The molecule has 0 spiro atoms. The van der Waals surface area contributed by atoms with Crippen molar-refractivity contribution in [1.82, 2.24) is 4.90 Å². The third kappa shape index (κ3) is 4.94. The maximum Gasteiger partial charge on any atom is 0.249 e. The first-order valence-corrected chi connectivity index (χ1v) is 10.7. The summed E-state index contributed by atoms with van der Waals surface area (Å²) in [5.74, 6) is -0.121. The Hall–Kier alpha value is -2.89. The molecule has 29 heavy (non-hydrogen) atoms. The first-order valence-electron chi connectivity index (χ1n) is 9.84. The molecular weight excluding hydrogens is 378 g/mol. The molecule has 0 radical (unpaired) electrons. The van der Waals surface area contributed by atoms with Gasteiger partial charge in [-0.3, -0.25) is 4.79 Å². The number of anilines is 2. The molecule has 3 aromatic rings. The van der Waals surface area contributed by atoms with Crippen LogP contribution in [0.2, 0.25) is 0 Å². The number of nitrogens with zero attached hydrogens (tertiary/aromatic N) is 2. The van der Waals surface area contributed by atoms with Gasteiger partial charge in [0.05, 0.1) is 0 Å². The Balaban J connectivity index is 1.48. The molecule has 4 nitrogen and oxygen atoms in total. The van der Waals surface area contributed by atoms with Crippen molar-refractivity contribution in [2.75, 3.05) is 43.4 Å². The summed E-state index contributed by atoms with van der Waals surface area (Å²) >= 11 is 1.63. The zero-order valence-corrected chi connectivity index (χ0v) is 17.4. The van der Waals surface area contributed by atoms with Crippen LogP contribution in [0.3, 0.4) is 0 Å². The van der Waals surface area contributed by atoms with Crippen LogP contribution in [-0.4, -0.2) is 44.0 Å². The molecule has 1 N–H and O–H groups in total. The Morgan fingerprint density at radius 1 is 0.931 bits per heavy atom. The van der Waals surface area contributed by atoms with E-state index in [-0.39, 0.29) is 5.91 Å². The van der Waals surface area contributed by atoms with Crippen LogP contribution < -0.4 is 10.2 Å². The fourth-order valence-corrected chi connectivity index (χ4v) is 4.24. The van der Waals surface area contributed by atoms with Gasteiger partial charge in [0.15, 0.2) is 0 Å². The van der Waals surface area contributed by atoms with Crippen LogP contribution in [-0.2, 0) is 4.79 Å². The van der Waals surface area contributed by atoms with Crippen molar-refractivity contribution in [3.8, 4) is 0 Å². The van der Waals surface area contributed by atoms with Crippen LogP contribution in [0.5, 0.6) is 0 Å². The van der Waals surface area contributed by atoms with Gasteiger partial charge in [0.25, 0.3) is 0 Å². The van der Waals surface area contributed by atoms with E-state index in [1.165, 1.54) is 5.69 Å². The van der Waals surface area contributed by atoms with Gasteiger partial charge >= 0.3 is 0 Å². The van der Waals surface area contributed by atoms with Gasteiger partial charge in [-0.25, -0.2) is 0 Å². The number of hydrogen-bond acceptors (Lipinski definition) is 4. The molecule has 5 heteroatoms. The lowest BCUT2D eigenvalue weighted by molar-refractivity contribution is -0.111. The standard InChI is InChI=1S/C24H25N3OS/c1-26-13-15-27(16-14-26)21-11-9-20(10-12-21)25-24(28)18-22(23-8-5-17-29-23)19-6-3-2-4-7-19/h2-12,17-18H,13-16H2,1H3,(H,25,28). The summed E-state index contributed by atoms with van der Waals surface area (Å²) in [5.41, 5.74) is 3.99. The van der Waals surface area contributed by atoms with Gasteiger partial charge in [-0.1, -0.05) is 36.4 Å². The Labute approximate surface area is 176 Å². The summed E-state index contributed by atoms with van der Waals surface area (Å²) in [6, 6.07) is 22.2. The average Bonchev–Trinajstić information content (AvgIpc) is 3.28. The van der Waals surface area contributed by atoms with Crippen molar-refractivity contribution < 1.29 is 4.79 Å². The third-order valence-electron chi connectivity index (χ3n) is 5.15. The van der Waals surface area contributed by atoms with E-state index in [0.717, 1.165) is 47.9 Å². The van der Waals surface area contributed by atoms with Gasteiger partial charge in [-0.2, -0.15) is 0 Å². The molecule has 1 amide bonds. The molecule has 1 saturated heterocycles. The van der Waals surface area contributed by atoms with E-state index < -0.39 is 0 Å². The zero-order chi connectivity index (χ0) is 20.1. The summed E-state index contributed by atoms with van der Waals surface area (Å²) in [4.78, 5) is 18.5. The predicted octanol–water partition coefficient (Wildman–Crippen LogP) is 4.57. The number of carbonyl (C=O) groups excluding carboxylic acids is 1. The molecule has 1 aromatic heterocycles. The minimum absolute atomic E-state index is 0.121. The molecule has 148 valence electrons. The summed E-state index contributed by atoms with van der Waals surface area (Å²) in [6.45, 7) is 4.22. The number of thiophene rings is 1. The van der Waals surface area contributed by atoms with Crippen molar-refractivity contribution in [1.29, 1.82) is 0 Å². The number of piperazine rings is 1. The Bertz CT molecular complexity index is 957. The lowest BCUT2D eigenvalue weighted by Gasteiger charge is -2.34. The number of benzene rings is 2. The summed E-state index contributed by atoms with van der Waals surface area (Å²) in [5, 5.41) is 5.03. The molecule has 2 heterocycles. The van der Waals surface area contributed by atoms with Crippen LogP contribution >= 0.6 is 11.3 Å². The van der Waals surface area contributed by atoms with Crippen molar-refractivity contribution in [2.24, 2.45) is 0 Å². The topological polar surface area (TPSA) is 35.6 Å². The van der Waals surface area contributed by atoms with Crippen molar-refractivity contribution >= 4 is 34.2 Å². The highest BCUT2D eigenvalue weighted by Gasteiger charge is 2.14. The summed E-state index contributed by atoms with van der Waals surface area (Å²) in [7, 11) is 2.16. The highest BCUT2D eigenvalue weighted by Crippen LogP contribution is 2.27. The second kappa shape index (κ2) is 9.07. The average molecular weight is 404 g/mol. The van der Waals surface area contributed by atoms with Crippen LogP contribution in [0.15, 0.2) is 78.2 Å². The Morgan fingerprint density at radius 2 is 1.66 bits per heavy atom. The van der Waals surface area contributed by atoms with E-state index in [9.17, 15) is 4.79 Å². The lowest BCUT2D eigenvalue weighted by atomic mass is 10.0. The van der Waals surface area contributed by atoms with E-state index >= 15 is 0 Å². The van der Waals surface area contributed by atoms with Crippen LogP contribution in [0.4, 0.5) is 11.4 Å². The largest absolute Gasteiger partial charge is 0.369 e. The smallest absolute Gasteiger partial charge is 0.249 e. The Kier molecular flexibility index (Phi) is 6.08. The summed E-state index contributed by atoms with van der Waals surface area (Å²) < 4.78 is 0. The fourth-order valence-electron chi connectivity index (χ4n) is 3.48. The van der Waals surface area contributed by atoms with E-state index in [1.807, 2.05) is 60.0 Å². The number of carbonyl (C=O) groups is 1. The van der Waals surface area contributed by atoms with Crippen molar-refractivity contribution in [2.45, 2.75) is 0 Å². The van der Waals surface area contributed by atoms with Crippen LogP contribution in [0, 0.1) is 0 Å². The predicted molar refractivity (Wildman–Crippen MR) is 123 cm³/mol. The molecule has 1 aliphatic rings. The molecule has 1 fully saturated rings. The molecule has 2 aromatic carbocycles. The van der Waals surface area contributed by atoms with Gasteiger partial charge in [0.1, 0.15) is 0 Å². The molecule has 0 saturated carbocycles. The van der Waals surface area contributed by atoms with Gasteiger partial charge in [-0.05, 0) is 48.3 Å². The molecule has 4 rings (SSSR count). The minimum atomic E-state index is -0.121. The third-order valence-corrected chi connectivity index (χ3v) is 6.05. The van der Waals surface area contributed by atoms with Gasteiger partial charge < -0.3 is 15.1 Å². The fraction of sp³-hybridized carbons (Fsp3) is 0.208. The minimum Gasteiger partial charge on any atom is -0.369 e. The highest BCUT2D eigenvalue weighted by molar-refractivity contribution is 7.11. The van der Waals surface area contributed by atoms with Crippen LogP contribution in [0.1, 0.15) is 10.4 Å². The molecular formula is C24H25N3OS. The monoisotopic (exact) mass is 403 g/mol. The number of hydrogen-bond donors (Lipinski definition) is 1. The quantitative estimate of drug-likeness (QED) is 0.634. The van der Waals surface area contributed by atoms with E-state index in [4.69, 9.17) is 0 Å². The maximum atomic E-state index is 12.7. The highest BCUT2D eigenvalue weighted by atomic mass is 32.1. The number of nitrogens with one attached hydrogen (secondary N) is 1. The van der Waals surface area contributed by atoms with Crippen LogP contribution in [0.25, 0.3) is 5.57 Å². The van der Waals surface area contributed by atoms with Gasteiger partial charge in [0, 0.05) is 54.1 Å². The molecule has 0 bridgehead atoms. The zero-order valence-electron chi connectivity index (χ0n) is 16.5. The lowest BCUT2D eigenvalue weighted by Crippen LogP contribution is -2.44. The molecule has 0 unspecified atom stereocenters. The van der Waals surface area contributed by atoms with E-state index in [1.54, 1.807) is 17.4 Å². The number of likely N-dealkylation sites (N-methyl/N-ethyl adjacent to an activating group) is 1. The summed E-state index contributed by atoms with van der Waals surface area (Å²) in [6.07, 6.45) is 1.69.